The van der Waals surface area contributed by atoms with Crippen molar-refractivity contribution < 1.29 is 9.53 Å². The SMILES string of the molecule is Cc1cc(N2CCN(Cc3ccccc3)CC23CCC3)nn1C1CCN(C(=O)OC(C)(C)C)CC1. The molecule has 3 aliphatic rings. The number of aromatic nitrogens is 2. The number of likely N-dealkylation sites (tertiary alicyclic amines) is 1. The van der Waals surface area contributed by atoms with E-state index >= 15 is 0 Å². The van der Waals surface area contributed by atoms with Crippen molar-refractivity contribution in [2.24, 2.45) is 0 Å². The number of nitrogens with zero attached hydrogens (tertiary/aromatic N) is 5. The molecule has 5 rings (SSSR count). The van der Waals surface area contributed by atoms with Crippen LogP contribution in [0.3, 0.4) is 0 Å². The fraction of sp³-hybridized carbons (Fsp3) is 0.643. The number of hydrogen-bond acceptors (Lipinski definition) is 5. The maximum absolute atomic E-state index is 12.5. The molecule has 0 unspecified atom stereocenters. The van der Waals surface area contributed by atoms with Crippen LogP contribution in [0.1, 0.15) is 70.2 Å². The molecule has 35 heavy (non-hydrogen) atoms. The van der Waals surface area contributed by atoms with Crippen LogP contribution in [0.15, 0.2) is 36.4 Å². The third-order valence-corrected chi connectivity index (χ3v) is 7.91. The van der Waals surface area contributed by atoms with E-state index < -0.39 is 5.60 Å². The first-order valence-electron chi connectivity index (χ1n) is 13.3. The van der Waals surface area contributed by atoms with Gasteiger partial charge in [-0.1, -0.05) is 30.3 Å². The van der Waals surface area contributed by atoms with Gasteiger partial charge in [-0.05, 0) is 65.4 Å². The molecule has 0 atom stereocenters. The Kier molecular flexibility index (Phi) is 6.55. The second-order valence-corrected chi connectivity index (χ2v) is 11.7. The van der Waals surface area contributed by atoms with E-state index in [4.69, 9.17) is 9.84 Å². The van der Waals surface area contributed by atoms with Crippen LogP contribution in [0.5, 0.6) is 0 Å². The van der Waals surface area contributed by atoms with Gasteiger partial charge in [0.1, 0.15) is 5.60 Å². The zero-order chi connectivity index (χ0) is 24.6. The number of amides is 1. The Morgan fingerprint density at radius 3 is 2.43 bits per heavy atom. The molecule has 3 heterocycles. The maximum Gasteiger partial charge on any atom is 0.410 e. The van der Waals surface area contributed by atoms with Gasteiger partial charge in [0, 0.05) is 51.0 Å². The largest absolute Gasteiger partial charge is 0.444 e. The van der Waals surface area contributed by atoms with Gasteiger partial charge in [-0.3, -0.25) is 9.58 Å². The third kappa shape index (κ3) is 5.20. The Balaban J connectivity index is 1.24. The molecule has 1 aromatic heterocycles. The van der Waals surface area contributed by atoms with Gasteiger partial charge in [0.15, 0.2) is 5.82 Å². The Bertz CT molecular complexity index is 1020. The molecule has 2 aliphatic heterocycles. The molecular formula is C28H41N5O2. The summed E-state index contributed by atoms with van der Waals surface area (Å²) in [7, 11) is 0. The average Bonchev–Trinajstić information content (AvgIpc) is 3.19. The molecule has 190 valence electrons. The standard InChI is InChI=1S/C28H41N5O2/c1-22-19-25(29-33(22)24-11-15-31(16-12-24)26(34)35-27(2,3)4)32-18-17-30(21-28(32)13-8-14-28)20-23-9-6-5-7-10-23/h5-7,9-10,19,24H,8,11-18,20-21H2,1-4H3. The Hall–Kier alpha value is -2.54. The van der Waals surface area contributed by atoms with Crippen molar-refractivity contribution in [3.63, 3.8) is 0 Å². The molecular weight excluding hydrogens is 438 g/mol. The van der Waals surface area contributed by atoms with E-state index in [1.807, 2.05) is 25.7 Å². The molecule has 3 fully saturated rings. The Morgan fingerprint density at radius 2 is 1.80 bits per heavy atom. The van der Waals surface area contributed by atoms with Crippen LogP contribution >= 0.6 is 0 Å². The highest BCUT2D eigenvalue weighted by molar-refractivity contribution is 5.68. The van der Waals surface area contributed by atoms with Crippen LogP contribution in [0, 0.1) is 6.92 Å². The van der Waals surface area contributed by atoms with Crippen LogP contribution in [0.4, 0.5) is 10.6 Å². The highest BCUT2D eigenvalue weighted by Crippen LogP contribution is 2.43. The molecule has 2 aromatic rings. The number of hydrogen-bond donors (Lipinski definition) is 0. The molecule has 1 spiro atoms. The smallest absolute Gasteiger partial charge is 0.410 e. The molecule has 0 N–H and O–H groups in total. The lowest BCUT2D eigenvalue weighted by atomic mass is 9.73. The zero-order valence-electron chi connectivity index (χ0n) is 21.9. The monoisotopic (exact) mass is 479 g/mol. The van der Waals surface area contributed by atoms with Crippen LogP contribution in [-0.2, 0) is 11.3 Å². The fourth-order valence-corrected chi connectivity index (χ4v) is 6.00. The van der Waals surface area contributed by atoms with Gasteiger partial charge in [0.25, 0.3) is 0 Å². The molecule has 0 bridgehead atoms. The van der Waals surface area contributed by atoms with Gasteiger partial charge in [0.05, 0.1) is 11.6 Å². The van der Waals surface area contributed by atoms with Crippen LogP contribution < -0.4 is 4.90 Å². The summed E-state index contributed by atoms with van der Waals surface area (Å²) < 4.78 is 7.79. The number of anilines is 1. The van der Waals surface area contributed by atoms with Crippen molar-refractivity contribution >= 4 is 11.9 Å². The van der Waals surface area contributed by atoms with Crippen LogP contribution in [0.25, 0.3) is 0 Å². The number of ether oxygens (including phenoxy) is 1. The second kappa shape index (κ2) is 9.49. The number of aryl methyl sites for hydroxylation is 1. The number of carbonyl (C=O) groups is 1. The average molecular weight is 480 g/mol. The number of rotatable bonds is 4. The topological polar surface area (TPSA) is 53.8 Å². The Morgan fingerprint density at radius 1 is 1.09 bits per heavy atom. The van der Waals surface area contributed by atoms with Crippen molar-refractivity contribution in [2.45, 2.75) is 83.5 Å². The van der Waals surface area contributed by atoms with E-state index in [0.29, 0.717) is 6.04 Å². The lowest BCUT2D eigenvalue weighted by Gasteiger charge is -2.56. The predicted molar refractivity (Wildman–Crippen MR) is 139 cm³/mol. The summed E-state index contributed by atoms with van der Waals surface area (Å²) >= 11 is 0. The van der Waals surface area contributed by atoms with Gasteiger partial charge < -0.3 is 14.5 Å². The van der Waals surface area contributed by atoms with Crippen molar-refractivity contribution in [1.82, 2.24) is 19.6 Å². The lowest BCUT2D eigenvalue weighted by molar-refractivity contribution is 0.0184. The van der Waals surface area contributed by atoms with Gasteiger partial charge in [0.2, 0.25) is 0 Å². The van der Waals surface area contributed by atoms with Crippen molar-refractivity contribution in [2.75, 3.05) is 37.6 Å². The Labute approximate surface area is 210 Å². The van der Waals surface area contributed by atoms with E-state index in [1.165, 1.54) is 30.5 Å². The van der Waals surface area contributed by atoms with E-state index in [-0.39, 0.29) is 11.6 Å². The summed E-state index contributed by atoms with van der Waals surface area (Å²) in [6.45, 7) is 13.6. The lowest BCUT2D eigenvalue weighted by Crippen LogP contribution is -2.65. The summed E-state index contributed by atoms with van der Waals surface area (Å²) in [6.07, 6.45) is 5.43. The highest BCUT2D eigenvalue weighted by atomic mass is 16.6. The molecule has 1 aliphatic carbocycles. The van der Waals surface area contributed by atoms with Crippen molar-refractivity contribution in [3.8, 4) is 0 Å². The number of carbonyl (C=O) groups excluding carboxylic acids is 1. The number of piperazine rings is 1. The quantitative estimate of drug-likeness (QED) is 0.617. The first kappa shape index (κ1) is 24.2. The van der Waals surface area contributed by atoms with Gasteiger partial charge in [-0.25, -0.2) is 4.79 Å². The minimum Gasteiger partial charge on any atom is -0.444 e. The third-order valence-electron chi connectivity index (χ3n) is 7.91. The molecule has 1 amide bonds. The van der Waals surface area contributed by atoms with Gasteiger partial charge >= 0.3 is 6.09 Å². The number of piperidine rings is 1. The minimum absolute atomic E-state index is 0.200. The first-order valence-corrected chi connectivity index (χ1v) is 13.3. The number of benzene rings is 1. The summed E-state index contributed by atoms with van der Waals surface area (Å²) in [4.78, 5) is 19.5. The van der Waals surface area contributed by atoms with Crippen LogP contribution in [-0.4, -0.2) is 69.5 Å². The normalized spacial score (nSPS) is 21.3. The minimum atomic E-state index is -0.454. The van der Waals surface area contributed by atoms with Crippen molar-refractivity contribution in [1.29, 1.82) is 0 Å². The summed E-state index contributed by atoms with van der Waals surface area (Å²) in [5.74, 6) is 1.14. The molecule has 2 saturated heterocycles. The summed E-state index contributed by atoms with van der Waals surface area (Å²) in [5.41, 5.74) is 2.38. The second-order valence-electron chi connectivity index (χ2n) is 11.7. The van der Waals surface area contributed by atoms with E-state index in [0.717, 1.165) is 57.9 Å². The van der Waals surface area contributed by atoms with E-state index in [9.17, 15) is 4.79 Å². The summed E-state index contributed by atoms with van der Waals surface area (Å²) in [6, 6.07) is 13.5. The van der Waals surface area contributed by atoms with E-state index in [1.54, 1.807) is 0 Å². The molecule has 7 heteroatoms. The summed E-state index contributed by atoms with van der Waals surface area (Å²) in [5, 5.41) is 5.16. The van der Waals surface area contributed by atoms with Crippen molar-refractivity contribution in [3.05, 3.63) is 47.7 Å². The first-order chi connectivity index (χ1) is 16.7. The molecule has 0 radical (unpaired) electrons. The fourth-order valence-electron chi connectivity index (χ4n) is 6.00. The molecule has 7 nitrogen and oxygen atoms in total. The van der Waals surface area contributed by atoms with Gasteiger partial charge in [-0.15, -0.1) is 0 Å². The van der Waals surface area contributed by atoms with E-state index in [2.05, 4.69) is 57.8 Å². The molecule has 1 saturated carbocycles. The predicted octanol–water partition coefficient (Wildman–Crippen LogP) is 5.01. The highest BCUT2D eigenvalue weighted by Gasteiger charge is 2.47. The van der Waals surface area contributed by atoms with Crippen LogP contribution in [0.2, 0.25) is 0 Å². The molecule has 1 aromatic carbocycles. The zero-order valence-corrected chi connectivity index (χ0v) is 21.9. The van der Waals surface area contributed by atoms with Gasteiger partial charge in [-0.2, -0.15) is 5.10 Å². The maximum atomic E-state index is 12.5.